The first-order valence-corrected chi connectivity index (χ1v) is 10.2. The molecule has 0 saturated carbocycles. The van der Waals surface area contributed by atoms with Crippen LogP contribution in [-0.2, 0) is 9.63 Å². The lowest BCUT2D eigenvalue weighted by Gasteiger charge is -2.29. The Labute approximate surface area is 176 Å². The van der Waals surface area contributed by atoms with Crippen LogP contribution in [0.1, 0.15) is 34.4 Å². The number of carbonyl (C=O) groups is 1. The van der Waals surface area contributed by atoms with Crippen LogP contribution in [0.5, 0.6) is 0 Å². The summed E-state index contributed by atoms with van der Waals surface area (Å²) in [7, 11) is 0. The Bertz CT molecular complexity index is 821. The van der Waals surface area contributed by atoms with Crippen LogP contribution in [0.3, 0.4) is 0 Å². The SMILES string of the molecule is Cc1ccccc1C(=NOCCN1CCCC(C(=O)O)C1)c1sccc1C.Cl. The van der Waals surface area contributed by atoms with Crippen LogP contribution in [0.4, 0.5) is 0 Å². The monoisotopic (exact) mass is 422 g/mol. The van der Waals surface area contributed by atoms with E-state index in [1.54, 1.807) is 11.3 Å². The van der Waals surface area contributed by atoms with Crippen molar-refractivity contribution < 1.29 is 14.7 Å². The summed E-state index contributed by atoms with van der Waals surface area (Å²) in [4.78, 5) is 20.2. The molecule has 2 aromatic rings. The van der Waals surface area contributed by atoms with E-state index in [2.05, 4.69) is 47.5 Å². The van der Waals surface area contributed by atoms with Gasteiger partial charge < -0.3 is 9.94 Å². The molecule has 3 rings (SSSR count). The fraction of sp³-hybridized carbons (Fsp3) is 0.429. The number of carboxylic acid groups (broad SMARTS) is 1. The van der Waals surface area contributed by atoms with Gasteiger partial charge in [-0.1, -0.05) is 29.4 Å². The fourth-order valence-corrected chi connectivity index (χ4v) is 4.33. The first-order valence-electron chi connectivity index (χ1n) is 9.32. The molecule has 1 fully saturated rings. The molecular formula is C21H27ClN2O3S. The quantitative estimate of drug-likeness (QED) is 0.409. The summed E-state index contributed by atoms with van der Waals surface area (Å²) >= 11 is 1.66. The van der Waals surface area contributed by atoms with Gasteiger partial charge in [-0.25, -0.2) is 0 Å². The number of carboxylic acids is 1. The van der Waals surface area contributed by atoms with Crippen molar-refractivity contribution in [2.24, 2.45) is 11.1 Å². The van der Waals surface area contributed by atoms with Gasteiger partial charge in [-0.15, -0.1) is 23.7 Å². The molecule has 7 heteroatoms. The van der Waals surface area contributed by atoms with Gasteiger partial charge in [-0.3, -0.25) is 9.69 Å². The van der Waals surface area contributed by atoms with E-state index in [-0.39, 0.29) is 18.3 Å². The van der Waals surface area contributed by atoms with Crippen LogP contribution in [0.15, 0.2) is 40.9 Å². The molecule has 1 aromatic carbocycles. The van der Waals surface area contributed by atoms with Gasteiger partial charge in [0.15, 0.2) is 0 Å². The van der Waals surface area contributed by atoms with Crippen molar-refractivity contribution in [2.75, 3.05) is 26.2 Å². The molecule has 0 bridgehead atoms. The summed E-state index contributed by atoms with van der Waals surface area (Å²) in [6, 6.07) is 10.3. The van der Waals surface area contributed by atoms with Gasteiger partial charge in [0.05, 0.1) is 10.8 Å². The summed E-state index contributed by atoms with van der Waals surface area (Å²) < 4.78 is 0. The van der Waals surface area contributed by atoms with Crippen molar-refractivity contribution in [2.45, 2.75) is 26.7 Å². The molecule has 2 heterocycles. The van der Waals surface area contributed by atoms with E-state index in [0.717, 1.165) is 41.1 Å². The Kier molecular flexibility index (Phi) is 8.48. The summed E-state index contributed by atoms with van der Waals surface area (Å²) in [5.41, 5.74) is 4.29. The number of halogens is 1. The van der Waals surface area contributed by atoms with E-state index < -0.39 is 5.97 Å². The molecular weight excluding hydrogens is 396 g/mol. The molecule has 1 aliphatic rings. The number of aliphatic carboxylic acids is 1. The van der Waals surface area contributed by atoms with Crippen molar-refractivity contribution >= 4 is 35.4 Å². The zero-order chi connectivity index (χ0) is 19.2. The van der Waals surface area contributed by atoms with Gasteiger partial charge in [0.25, 0.3) is 0 Å². The second-order valence-corrected chi connectivity index (χ2v) is 7.91. The summed E-state index contributed by atoms with van der Waals surface area (Å²) in [5.74, 6) is -0.966. The van der Waals surface area contributed by atoms with Gasteiger partial charge in [0.1, 0.15) is 12.3 Å². The molecule has 152 valence electrons. The Morgan fingerprint density at radius 1 is 1.29 bits per heavy atom. The molecule has 1 aliphatic heterocycles. The molecule has 0 amide bonds. The van der Waals surface area contributed by atoms with Gasteiger partial charge in [0.2, 0.25) is 0 Å². The predicted molar refractivity (Wildman–Crippen MR) is 116 cm³/mol. The number of aryl methyl sites for hydroxylation is 2. The normalized spacial score (nSPS) is 17.8. The largest absolute Gasteiger partial charge is 0.481 e. The van der Waals surface area contributed by atoms with Gasteiger partial charge in [0, 0.05) is 18.7 Å². The molecule has 1 aromatic heterocycles. The van der Waals surface area contributed by atoms with E-state index in [4.69, 9.17) is 4.84 Å². The van der Waals surface area contributed by atoms with E-state index in [9.17, 15) is 9.90 Å². The van der Waals surface area contributed by atoms with Crippen molar-refractivity contribution in [3.63, 3.8) is 0 Å². The molecule has 1 N–H and O–H groups in total. The number of hydrogen-bond acceptors (Lipinski definition) is 5. The van der Waals surface area contributed by atoms with E-state index >= 15 is 0 Å². The Balaban J connectivity index is 0.00000280. The van der Waals surface area contributed by atoms with Gasteiger partial charge >= 0.3 is 5.97 Å². The van der Waals surface area contributed by atoms with Crippen molar-refractivity contribution in [3.05, 3.63) is 57.3 Å². The summed E-state index contributed by atoms with van der Waals surface area (Å²) in [6.07, 6.45) is 1.68. The summed E-state index contributed by atoms with van der Waals surface area (Å²) in [6.45, 7) is 6.82. The third-order valence-corrected chi connectivity index (χ3v) is 6.01. The van der Waals surface area contributed by atoms with Crippen molar-refractivity contribution in [3.8, 4) is 0 Å². The zero-order valence-electron chi connectivity index (χ0n) is 16.3. The van der Waals surface area contributed by atoms with Crippen LogP contribution in [0.25, 0.3) is 0 Å². The van der Waals surface area contributed by atoms with E-state index in [1.807, 2.05) is 12.1 Å². The van der Waals surface area contributed by atoms with Gasteiger partial charge in [-0.2, -0.15) is 0 Å². The minimum absolute atomic E-state index is 0. The Hall–Kier alpha value is -1.89. The number of likely N-dealkylation sites (tertiary alicyclic amines) is 1. The number of thiophene rings is 1. The first-order chi connectivity index (χ1) is 13.1. The fourth-order valence-electron chi connectivity index (χ4n) is 3.41. The minimum Gasteiger partial charge on any atom is -0.481 e. The first kappa shape index (κ1) is 22.4. The lowest BCUT2D eigenvalue weighted by molar-refractivity contribution is -0.143. The number of hydrogen-bond donors (Lipinski definition) is 1. The highest BCUT2D eigenvalue weighted by Crippen LogP contribution is 2.23. The molecule has 0 aliphatic carbocycles. The van der Waals surface area contributed by atoms with E-state index in [1.165, 1.54) is 5.56 Å². The second kappa shape index (κ2) is 10.6. The maximum atomic E-state index is 11.2. The van der Waals surface area contributed by atoms with Crippen molar-refractivity contribution in [1.29, 1.82) is 0 Å². The zero-order valence-corrected chi connectivity index (χ0v) is 17.9. The van der Waals surface area contributed by atoms with Crippen LogP contribution >= 0.6 is 23.7 Å². The topological polar surface area (TPSA) is 62.1 Å². The molecule has 0 spiro atoms. The number of nitrogens with zero attached hydrogens (tertiary/aromatic N) is 2. The predicted octanol–water partition coefficient (Wildman–Crippen LogP) is 4.35. The molecule has 1 saturated heterocycles. The number of benzene rings is 1. The summed E-state index contributed by atoms with van der Waals surface area (Å²) in [5, 5.41) is 15.8. The smallest absolute Gasteiger partial charge is 0.307 e. The van der Waals surface area contributed by atoms with Crippen LogP contribution in [0.2, 0.25) is 0 Å². The average Bonchev–Trinajstić information content (AvgIpc) is 3.09. The molecule has 0 radical (unpaired) electrons. The number of rotatable bonds is 7. The molecule has 5 nitrogen and oxygen atoms in total. The number of oxime groups is 1. The molecule has 28 heavy (non-hydrogen) atoms. The average molecular weight is 423 g/mol. The standard InChI is InChI=1S/C21H26N2O3S.ClH/c1-15-6-3-4-8-18(15)19(20-16(2)9-13-27-20)22-26-12-11-23-10-5-7-17(14-23)21(24)25;/h3-4,6,8-9,13,17H,5,7,10-12,14H2,1-2H3,(H,24,25);1H. The third kappa shape index (κ3) is 5.56. The lowest BCUT2D eigenvalue weighted by atomic mass is 9.98. The highest BCUT2D eigenvalue weighted by molar-refractivity contribution is 7.12. The van der Waals surface area contributed by atoms with Crippen LogP contribution < -0.4 is 0 Å². The maximum absolute atomic E-state index is 11.2. The maximum Gasteiger partial charge on any atom is 0.307 e. The minimum atomic E-state index is -0.700. The second-order valence-electron chi connectivity index (χ2n) is 7.00. The molecule has 1 atom stereocenters. The third-order valence-electron chi connectivity index (χ3n) is 4.99. The van der Waals surface area contributed by atoms with E-state index in [0.29, 0.717) is 19.7 Å². The highest BCUT2D eigenvalue weighted by atomic mass is 35.5. The van der Waals surface area contributed by atoms with Crippen LogP contribution in [-0.4, -0.2) is 47.9 Å². The molecule has 1 unspecified atom stereocenters. The van der Waals surface area contributed by atoms with Gasteiger partial charge in [-0.05, 0) is 55.8 Å². The lowest BCUT2D eigenvalue weighted by Crippen LogP contribution is -2.40. The Morgan fingerprint density at radius 3 is 2.75 bits per heavy atom. The van der Waals surface area contributed by atoms with Crippen molar-refractivity contribution in [1.82, 2.24) is 4.90 Å². The number of piperidine rings is 1. The highest BCUT2D eigenvalue weighted by Gasteiger charge is 2.25. The Morgan fingerprint density at radius 2 is 2.07 bits per heavy atom. The van der Waals surface area contributed by atoms with Crippen LogP contribution in [0, 0.1) is 19.8 Å².